The quantitative estimate of drug-likeness (QED) is 0.875. The van der Waals surface area contributed by atoms with Crippen LogP contribution in [0, 0.1) is 0 Å². The molecule has 2 nitrogen and oxygen atoms in total. The van der Waals surface area contributed by atoms with E-state index in [2.05, 4.69) is 28.4 Å². The molecule has 1 aliphatic heterocycles. The van der Waals surface area contributed by atoms with Crippen molar-refractivity contribution in [1.29, 1.82) is 0 Å². The van der Waals surface area contributed by atoms with Crippen molar-refractivity contribution in [2.24, 2.45) is 0 Å². The molecule has 1 heterocycles. The van der Waals surface area contributed by atoms with Crippen LogP contribution in [0.15, 0.2) is 18.2 Å². The van der Waals surface area contributed by atoms with Gasteiger partial charge in [0.1, 0.15) is 0 Å². The van der Waals surface area contributed by atoms with E-state index in [0.717, 1.165) is 6.54 Å². The van der Waals surface area contributed by atoms with Gasteiger partial charge in [-0.05, 0) is 68.8 Å². The fourth-order valence-corrected chi connectivity index (χ4v) is 3.30. The second-order valence-electron chi connectivity index (χ2n) is 5.63. The SMILES string of the molecule is c1cc2c(c(NCCN3CCCC3)c1)CCCC2. The molecule has 1 fully saturated rings. The molecule has 0 atom stereocenters. The van der Waals surface area contributed by atoms with E-state index in [1.54, 1.807) is 11.1 Å². The Hall–Kier alpha value is -1.02. The van der Waals surface area contributed by atoms with Gasteiger partial charge in [0, 0.05) is 18.8 Å². The summed E-state index contributed by atoms with van der Waals surface area (Å²) in [5.41, 5.74) is 4.56. The molecule has 1 N–H and O–H groups in total. The molecule has 0 aromatic heterocycles. The van der Waals surface area contributed by atoms with Crippen LogP contribution in [-0.4, -0.2) is 31.1 Å². The van der Waals surface area contributed by atoms with Crippen molar-refractivity contribution in [3.05, 3.63) is 29.3 Å². The number of likely N-dealkylation sites (tertiary alicyclic amines) is 1. The Labute approximate surface area is 110 Å². The predicted octanol–water partition coefficient (Wildman–Crippen LogP) is 3.07. The minimum Gasteiger partial charge on any atom is -0.384 e. The average molecular weight is 244 g/mol. The van der Waals surface area contributed by atoms with Gasteiger partial charge in [-0.25, -0.2) is 0 Å². The van der Waals surface area contributed by atoms with Crippen LogP contribution >= 0.6 is 0 Å². The Morgan fingerprint density at radius 1 is 1.00 bits per heavy atom. The third-order valence-corrected chi connectivity index (χ3v) is 4.34. The first-order valence-electron chi connectivity index (χ1n) is 7.50. The zero-order chi connectivity index (χ0) is 12.2. The number of rotatable bonds is 4. The molecule has 1 saturated heterocycles. The second kappa shape index (κ2) is 5.75. The molecule has 1 aliphatic carbocycles. The summed E-state index contributed by atoms with van der Waals surface area (Å²) in [5.74, 6) is 0. The number of aryl methyl sites for hydroxylation is 1. The fourth-order valence-electron chi connectivity index (χ4n) is 3.30. The van der Waals surface area contributed by atoms with E-state index in [-0.39, 0.29) is 0 Å². The van der Waals surface area contributed by atoms with Crippen molar-refractivity contribution in [3.63, 3.8) is 0 Å². The number of fused-ring (bicyclic) bond motifs is 1. The second-order valence-corrected chi connectivity index (χ2v) is 5.63. The normalized spacial score (nSPS) is 19.8. The molecule has 1 aromatic rings. The number of anilines is 1. The molecule has 18 heavy (non-hydrogen) atoms. The van der Waals surface area contributed by atoms with Gasteiger partial charge in [-0.1, -0.05) is 12.1 Å². The van der Waals surface area contributed by atoms with Gasteiger partial charge in [-0.15, -0.1) is 0 Å². The maximum Gasteiger partial charge on any atom is 0.0375 e. The molecule has 3 rings (SSSR count). The Balaban J connectivity index is 1.58. The molecule has 0 unspecified atom stereocenters. The Morgan fingerprint density at radius 3 is 2.72 bits per heavy atom. The molecule has 0 amide bonds. The van der Waals surface area contributed by atoms with Crippen LogP contribution in [0.1, 0.15) is 36.8 Å². The third kappa shape index (κ3) is 2.69. The van der Waals surface area contributed by atoms with E-state index in [1.807, 2.05) is 0 Å². The largest absolute Gasteiger partial charge is 0.384 e. The van der Waals surface area contributed by atoms with Crippen LogP contribution in [0.25, 0.3) is 0 Å². The smallest absolute Gasteiger partial charge is 0.0375 e. The first kappa shape index (κ1) is 12.0. The molecule has 98 valence electrons. The molecule has 2 aliphatic rings. The maximum atomic E-state index is 3.66. The number of nitrogens with zero attached hydrogens (tertiary/aromatic N) is 1. The lowest BCUT2D eigenvalue weighted by Gasteiger charge is -2.21. The summed E-state index contributed by atoms with van der Waals surface area (Å²) in [4.78, 5) is 2.57. The lowest BCUT2D eigenvalue weighted by molar-refractivity contribution is 0.352. The van der Waals surface area contributed by atoms with E-state index in [1.165, 1.54) is 63.8 Å². The van der Waals surface area contributed by atoms with E-state index in [9.17, 15) is 0 Å². The van der Waals surface area contributed by atoms with Crippen LogP contribution < -0.4 is 5.32 Å². The molecule has 2 heteroatoms. The molecule has 0 spiro atoms. The fraction of sp³-hybridized carbons (Fsp3) is 0.625. The van der Waals surface area contributed by atoms with Gasteiger partial charge in [0.25, 0.3) is 0 Å². The third-order valence-electron chi connectivity index (χ3n) is 4.34. The minimum absolute atomic E-state index is 1.09. The zero-order valence-corrected chi connectivity index (χ0v) is 11.3. The average Bonchev–Trinajstić information content (AvgIpc) is 2.92. The van der Waals surface area contributed by atoms with Crippen molar-refractivity contribution in [3.8, 4) is 0 Å². The first-order valence-corrected chi connectivity index (χ1v) is 7.50. The molecule has 0 bridgehead atoms. The molecule has 0 radical (unpaired) electrons. The standard InChI is InChI=1S/C16H24N2/c1-2-8-15-14(6-1)7-5-9-16(15)17-10-13-18-11-3-4-12-18/h5,7,9,17H,1-4,6,8,10-13H2. The van der Waals surface area contributed by atoms with Crippen LogP contribution in [0.3, 0.4) is 0 Å². The van der Waals surface area contributed by atoms with Gasteiger partial charge in [-0.3, -0.25) is 0 Å². The van der Waals surface area contributed by atoms with E-state index < -0.39 is 0 Å². The van der Waals surface area contributed by atoms with Gasteiger partial charge in [0.05, 0.1) is 0 Å². The topological polar surface area (TPSA) is 15.3 Å². The molecule has 1 aromatic carbocycles. The molecule has 0 saturated carbocycles. The summed E-state index contributed by atoms with van der Waals surface area (Å²) < 4.78 is 0. The number of nitrogens with one attached hydrogen (secondary N) is 1. The Kier molecular flexibility index (Phi) is 3.84. The van der Waals surface area contributed by atoms with Crippen LogP contribution in [0.2, 0.25) is 0 Å². The van der Waals surface area contributed by atoms with Crippen molar-refractivity contribution in [2.45, 2.75) is 38.5 Å². The van der Waals surface area contributed by atoms with Gasteiger partial charge >= 0.3 is 0 Å². The van der Waals surface area contributed by atoms with Crippen LogP contribution in [-0.2, 0) is 12.8 Å². The summed E-state index contributed by atoms with van der Waals surface area (Å²) in [6.45, 7) is 4.89. The van der Waals surface area contributed by atoms with Crippen molar-refractivity contribution in [1.82, 2.24) is 4.90 Å². The summed E-state index contributed by atoms with van der Waals surface area (Å²) in [5, 5.41) is 3.66. The first-order chi connectivity index (χ1) is 8.93. The van der Waals surface area contributed by atoms with E-state index >= 15 is 0 Å². The summed E-state index contributed by atoms with van der Waals surface area (Å²) in [7, 11) is 0. The van der Waals surface area contributed by atoms with Crippen molar-refractivity contribution < 1.29 is 0 Å². The number of benzene rings is 1. The lowest BCUT2D eigenvalue weighted by atomic mass is 9.90. The van der Waals surface area contributed by atoms with Gasteiger partial charge in [0.15, 0.2) is 0 Å². The summed E-state index contributed by atoms with van der Waals surface area (Å²) in [6.07, 6.45) is 8.04. The minimum atomic E-state index is 1.09. The zero-order valence-electron chi connectivity index (χ0n) is 11.3. The van der Waals surface area contributed by atoms with Gasteiger partial charge in [-0.2, -0.15) is 0 Å². The number of hydrogen-bond donors (Lipinski definition) is 1. The predicted molar refractivity (Wildman–Crippen MR) is 77.2 cm³/mol. The summed E-state index contributed by atoms with van der Waals surface area (Å²) in [6, 6.07) is 6.77. The Morgan fingerprint density at radius 2 is 1.83 bits per heavy atom. The van der Waals surface area contributed by atoms with E-state index in [4.69, 9.17) is 0 Å². The maximum absolute atomic E-state index is 3.66. The highest BCUT2D eigenvalue weighted by Gasteiger charge is 2.13. The highest BCUT2D eigenvalue weighted by molar-refractivity contribution is 5.55. The van der Waals surface area contributed by atoms with Crippen molar-refractivity contribution >= 4 is 5.69 Å². The summed E-state index contributed by atoms with van der Waals surface area (Å²) >= 11 is 0. The Bertz CT molecular complexity index is 394. The van der Waals surface area contributed by atoms with Crippen LogP contribution in [0.5, 0.6) is 0 Å². The highest BCUT2D eigenvalue weighted by atomic mass is 15.1. The lowest BCUT2D eigenvalue weighted by Crippen LogP contribution is -2.26. The van der Waals surface area contributed by atoms with Crippen molar-refractivity contribution in [2.75, 3.05) is 31.5 Å². The van der Waals surface area contributed by atoms with Gasteiger partial charge < -0.3 is 10.2 Å². The van der Waals surface area contributed by atoms with E-state index in [0.29, 0.717) is 0 Å². The van der Waals surface area contributed by atoms with Gasteiger partial charge in [0.2, 0.25) is 0 Å². The van der Waals surface area contributed by atoms with Crippen LogP contribution in [0.4, 0.5) is 5.69 Å². The molecular weight excluding hydrogens is 220 g/mol. The monoisotopic (exact) mass is 244 g/mol. The number of hydrogen-bond acceptors (Lipinski definition) is 2. The molecular formula is C16H24N2. The highest BCUT2D eigenvalue weighted by Crippen LogP contribution is 2.27.